The first-order valence-corrected chi connectivity index (χ1v) is 7.82. The Morgan fingerprint density at radius 1 is 1.44 bits per heavy atom. The number of rotatable bonds is 6. The summed E-state index contributed by atoms with van der Waals surface area (Å²) in [6.07, 6.45) is 1.19. The molecule has 0 saturated carbocycles. The minimum Gasteiger partial charge on any atom is -0.504 e. The highest BCUT2D eigenvalue weighted by Gasteiger charge is 2.15. The molecule has 0 heterocycles. The summed E-state index contributed by atoms with van der Waals surface area (Å²) in [7, 11) is 1.42. The minimum atomic E-state index is -0.536. The normalized spacial score (nSPS) is 10.6. The summed E-state index contributed by atoms with van der Waals surface area (Å²) in [6.45, 7) is 0. The molecule has 1 amide bonds. The molecule has 0 aliphatic heterocycles. The summed E-state index contributed by atoms with van der Waals surface area (Å²) in [5.74, 6) is -0.268. The number of amides is 1. The first-order valence-electron chi connectivity index (χ1n) is 7.03. The van der Waals surface area contributed by atoms with Gasteiger partial charge >= 0.3 is 0 Å². The highest BCUT2D eigenvalue weighted by atomic mass is 79.9. The third kappa shape index (κ3) is 4.77. The number of nitrogens with zero attached hydrogens (tertiary/aromatic N) is 2. The molecule has 2 aromatic rings. The Balaban J connectivity index is 2.06. The Labute approximate surface area is 151 Å². The Morgan fingerprint density at radius 2 is 2.16 bits per heavy atom. The molecule has 9 heteroatoms. The van der Waals surface area contributed by atoms with E-state index in [9.17, 15) is 20.0 Å². The van der Waals surface area contributed by atoms with Crippen molar-refractivity contribution in [1.29, 1.82) is 0 Å². The number of halogens is 1. The number of ether oxygens (including phenoxy) is 1. The highest BCUT2D eigenvalue weighted by molar-refractivity contribution is 9.10. The molecular formula is C16H14BrN3O5. The molecule has 0 atom stereocenters. The van der Waals surface area contributed by atoms with Crippen LogP contribution < -0.4 is 10.2 Å². The van der Waals surface area contributed by atoms with Crippen LogP contribution in [-0.2, 0) is 11.2 Å². The van der Waals surface area contributed by atoms with E-state index in [-0.39, 0.29) is 23.6 Å². The van der Waals surface area contributed by atoms with Crippen LogP contribution in [0.2, 0.25) is 0 Å². The number of nitro groups is 1. The van der Waals surface area contributed by atoms with E-state index >= 15 is 0 Å². The van der Waals surface area contributed by atoms with Gasteiger partial charge in [0.05, 0.1) is 24.7 Å². The van der Waals surface area contributed by atoms with Gasteiger partial charge in [-0.15, -0.1) is 0 Å². The maximum atomic E-state index is 11.9. The summed E-state index contributed by atoms with van der Waals surface area (Å²) in [4.78, 5) is 22.3. The molecule has 2 aromatic carbocycles. The van der Waals surface area contributed by atoms with Crippen LogP contribution in [0.5, 0.6) is 11.5 Å². The molecule has 0 spiro atoms. The van der Waals surface area contributed by atoms with E-state index in [0.717, 1.165) is 0 Å². The molecule has 0 bridgehead atoms. The SMILES string of the molecule is COc1cc(C=NNC(=O)Cc2ccccc2[N+](=O)[O-])c(Br)cc1O. The second-order valence-electron chi connectivity index (χ2n) is 4.90. The monoisotopic (exact) mass is 407 g/mol. The Kier molecular flexibility index (Phi) is 6.07. The smallest absolute Gasteiger partial charge is 0.273 e. The molecule has 0 aromatic heterocycles. The largest absolute Gasteiger partial charge is 0.504 e. The third-order valence-electron chi connectivity index (χ3n) is 3.23. The lowest BCUT2D eigenvalue weighted by atomic mass is 10.1. The summed E-state index contributed by atoms with van der Waals surface area (Å²) in [5.41, 5.74) is 3.06. The summed E-state index contributed by atoms with van der Waals surface area (Å²) in [6, 6.07) is 8.99. The standard InChI is InChI=1S/C16H14BrN3O5/c1-25-15-6-11(12(17)8-14(15)21)9-18-19-16(22)7-10-4-2-3-5-13(10)20(23)24/h2-6,8-9,21H,7H2,1H3,(H,19,22). The number of nitro benzene ring substituents is 1. The lowest BCUT2D eigenvalue weighted by molar-refractivity contribution is -0.385. The molecule has 0 fully saturated rings. The van der Waals surface area contributed by atoms with Crippen LogP contribution in [0.25, 0.3) is 0 Å². The van der Waals surface area contributed by atoms with Crippen molar-refractivity contribution >= 4 is 33.7 Å². The molecule has 2 rings (SSSR count). The van der Waals surface area contributed by atoms with E-state index in [4.69, 9.17) is 4.74 Å². The predicted molar refractivity (Wildman–Crippen MR) is 94.9 cm³/mol. The first kappa shape index (κ1) is 18.4. The van der Waals surface area contributed by atoms with Crippen molar-refractivity contribution in [1.82, 2.24) is 5.43 Å². The molecule has 0 radical (unpaired) electrons. The van der Waals surface area contributed by atoms with Crippen molar-refractivity contribution in [3.05, 3.63) is 62.1 Å². The van der Waals surface area contributed by atoms with Crippen LogP contribution >= 0.6 is 15.9 Å². The maximum Gasteiger partial charge on any atom is 0.273 e. The number of para-hydroxylation sites is 1. The van der Waals surface area contributed by atoms with E-state index < -0.39 is 10.8 Å². The average Bonchev–Trinajstić information content (AvgIpc) is 2.57. The van der Waals surface area contributed by atoms with Crippen molar-refractivity contribution < 1.29 is 19.6 Å². The number of phenols is 1. The van der Waals surface area contributed by atoms with Crippen LogP contribution in [0.15, 0.2) is 46.0 Å². The van der Waals surface area contributed by atoms with Crippen LogP contribution in [-0.4, -0.2) is 29.3 Å². The molecule has 0 saturated heterocycles. The predicted octanol–water partition coefficient (Wildman–Crippen LogP) is 2.76. The van der Waals surface area contributed by atoms with Crippen LogP contribution in [0.1, 0.15) is 11.1 Å². The van der Waals surface area contributed by atoms with E-state index in [1.54, 1.807) is 6.07 Å². The summed E-state index contributed by atoms with van der Waals surface area (Å²) < 4.78 is 5.56. The topological polar surface area (TPSA) is 114 Å². The zero-order chi connectivity index (χ0) is 18.4. The number of carbonyl (C=O) groups is 1. The molecular weight excluding hydrogens is 394 g/mol. The van der Waals surface area contributed by atoms with Crippen LogP contribution in [0.3, 0.4) is 0 Å². The second-order valence-corrected chi connectivity index (χ2v) is 5.76. The lowest BCUT2D eigenvalue weighted by Crippen LogP contribution is -2.20. The molecule has 130 valence electrons. The maximum absolute atomic E-state index is 11.9. The van der Waals surface area contributed by atoms with Crippen molar-refractivity contribution in [2.45, 2.75) is 6.42 Å². The van der Waals surface area contributed by atoms with Gasteiger partial charge in [-0.3, -0.25) is 14.9 Å². The number of hydrogen-bond acceptors (Lipinski definition) is 6. The molecule has 25 heavy (non-hydrogen) atoms. The fourth-order valence-electron chi connectivity index (χ4n) is 2.05. The van der Waals surface area contributed by atoms with Crippen molar-refractivity contribution in [2.24, 2.45) is 5.10 Å². The van der Waals surface area contributed by atoms with Gasteiger partial charge in [0.25, 0.3) is 5.69 Å². The second kappa shape index (κ2) is 8.25. The lowest BCUT2D eigenvalue weighted by Gasteiger charge is -2.06. The van der Waals surface area contributed by atoms with E-state index in [1.165, 1.54) is 43.7 Å². The van der Waals surface area contributed by atoms with Crippen molar-refractivity contribution in [3.63, 3.8) is 0 Å². The van der Waals surface area contributed by atoms with Gasteiger partial charge in [0.15, 0.2) is 11.5 Å². The number of methoxy groups -OCH3 is 1. The summed E-state index contributed by atoms with van der Waals surface area (Å²) >= 11 is 3.26. The Bertz CT molecular complexity index is 839. The van der Waals surface area contributed by atoms with Gasteiger partial charge in [-0.25, -0.2) is 5.43 Å². The Morgan fingerprint density at radius 3 is 2.84 bits per heavy atom. The number of aromatic hydroxyl groups is 1. The zero-order valence-electron chi connectivity index (χ0n) is 13.1. The molecule has 0 unspecified atom stereocenters. The van der Waals surface area contributed by atoms with E-state index in [2.05, 4.69) is 26.5 Å². The fourth-order valence-corrected chi connectivity index (χ4v) is 2.48. The number of hydrogen-bond donors (Lipinski definition) is 2. The van der Waals surface area contributed by atoms with Gasteiger partial charge in [0, 0.05) is 21.7 Å². The Hall–Kier alpha value is -2.94. The van der Waals surface area contributed by atoms with Crippen LogP contribution in [0.4, 0.5) is 5.69 Å². The van der Waals surface area contributed by atoms with Crippen molar-refractivity contribution in [3.8, 4) is 11.5 Å². The number of benzene rings is 2. The molecule has 0 aliphatic carbocycles. The van der Waals surface area contributed by atoms with Gasteiger partial charge in [0.2, 0.25) is 5.91 Å². The number of hydrazone groups is 1. The molecule has 2 N–H and O–H groups in total. The van der Waals surface area contributed by atoms with Crippen molar-refractivity contribution in [2.75, 3.05) is 7.11 Å². The van der Waals surface area contributed by atoms with E-state index in [0.29, 0.717) is 15.6 Å². The number of phenolic OH excluding ortho intramolecular Hbond substituents is 1. The number of nitrogens with one attached hydrogen (secondary N) is 1. The highest BCUT2D eigenvalue weighted by Crippen LogP contribution is 2.31. The minimum absolute atomic E-state index is 0.0352. The molecule has 8 nitrogen and oxygen atoms in total. The quantitative estimate of drug-likeness (QED) is 0.434. The van der Waals surface area contributed by atoms with Gasteiger partial charge in [-0.05, 0) is 28.1 Å². The average molecular weight is 408 g/mol. The van der Waals surface area contributed by atoms with Gasteiger partial charge in [-0.2, -0.15) is 5.10 Å². The van der Waals surface area contributed by atoms with Gasteiger partial charge in [0.1, 0.15) is 0 Å². The van der Waals surface area contributed by atoms with Crippen LogP contribution in [0, 0.1) is 10.1 Å². The first-order chi connectivity index (χ1) is 11.9. The summed E-state index contributed by atoms with van der Waals surface area (Å²) in [5, 5.41) is 24.4. The number of carbonyl (C=O) groups excluding carboxylic acids is 1. The fraction of sp³-hybridized carbons (Fsp3) is 0.125. The third-order valence-corrected chi connectivity index (χ3v) is 3.92. The van der Waals surface area contributed by atoms with E-state index in [1.807, 2.05) is 0 Å². The van der Waals surface area contributed by atoms with Gasteiger partial charge < -0.3 is 9.84 Å². The zero-order valence-corrected chi connectivity index (χ0v) is 14.7. The van der Waals surface area contributed by atoms with Gasteiger partial charge in [-0.1, -0.05) is 18.2 Å². The molecule has 0 aliphatic rings.